The van der Waals surface area contributed by atoms with Crippen LogP contribution in [-0.2, 0) is 14.3 Å². The number of Topliss-reactive ketones (excluding diaryl/α,β-unsaturated/α-hetero) is 2. The van der Waals surface area contributed by atoms with Gasteiger partial charge < -0.3 is 4.74 Å². The van der Waals surface area contributed by atoms with Crippen molar-refractivity contribution in [2.24, 2.45) is 5.92 Å². The average molecular weight is 445 g/mol. The van der Waals surface area contributed by atoms with Gasteiger partial charge in [0.2, 0.25) is 5.78 Å². The Morgan fingerprint density at radius 1 is 0.879 bits per heavy atom. The molecule has 1 saturated heterocycles. The molecule has 0 saturated carbocycles. The Balaban J connectivity index is 1.79. The van der Waals surface area contributed by atoms with E-state index in [-0.39, 0.29) is 12.2 Å². The summed E-state index contributed by atoms with van der Waals surface area (Å²) in [7, 11) is 0. The summed E-state index contributed by atoms with van der Waals surface area (Å²) in [6.45, 7) is 1.91. The van der Waals surface area contributed by atoms with Gasteiger partial charge in [-0.05, 0) is 48.9 Å². The Kier molecular flexibility index (Phi) is 6.13. The van der Waals surface area contributed by atoms with Crippen LogP contribution in [0.15, 0.2) is 78.9 Å². The number of hydrogen-bond acceptors (Lipinski definition) is 5. The van der Waals surface area contributed by atoms with Gasteiger partial charge in [0.1, 0.15) is 11.7 Å². The highest BCUT2D eigenvalue weighted by Crippen LogP contribution is 2.41. The molecule has 166 valence electrons. The number of carbonyl (C=O) groups is 4. The number of benzene rings is 3. The van der Waals surface area contributed by atoms with Crippen LogP contribution in [0.4, 0.5) is 10.1 Å². The van der Waals surface area contributed by atoms with Crippen LogP contribution in [0.25, 0.3) is 0 Å². The summed E-state index contributed by atoms with van der Waals surface area (Å²) in [5.74, 6) is -4.47. The minimum Gasteiger partial charge on any atom is -0.462 e. The first-order valence-electron chi connectivity index (χ1n) is 10.4. The predicted molar refractivity (Wildman–Crippen MR) is 118 cm³/mol. The second-order valence-corrected chi connectivity index (χ2v) is 7.51. The number of anilines is 1. The maximum atomic E-state index is 13.6. The Bertz CT molecular complexity index is 1210. The van der Waals surface area contributed by atoms with E-state index < -0.39 is 41.2 Å². The molecule has 0 radical (unpaired) electrons. The Morgan fingerprint density at radius 2 is 1.52 bits per heavy atom. The van der Waals surface area contributed by atoms with Crippen molar-refractivity contribution >= 4 is 29.1 Å². The molecule has 0 spiro atoms. The van der Waals surface area contributed by atoms with Gasteiger partial charge in [0.15, 0.2) is 5.78 Å². The smallest absolute Gasteiger partial charge is 0.338 e. The summed E-state index contributed by atoms with van der Waals surface area (Å²) in [5.41, 5.74) is 1.36. The van der Waals surface area contributed by atoms with E-state index in [0.29, 0.717) is 16.8 Å². The lowest BCUT2D eigenvalue weighted by molar-refractivity contribution is -0.135. The van der Waals surface area contributed by atoms with E-state index in [0.717, 1.165) is 0 Å². The summed E-state index contributed by atoms with van der Waals surface area (Å²) < 4.78 is 18.6. The van der Waals surface area contributed by atoms with E-state index in [9.17, 15) is 23.6 Å². The van der Waals surface area contributed by atoms with Gasteiger partial charge in [-0.3, -0.25) is 19.3 Å². The van der Waals surface area contributed by atoms with Crippen LogP contribution >= 0.6 is 0 Å². The van der Waals surface area contributed by atoms with Crippen molar-refractivity contribution in [3.63, 3.8) is 0 Å². The van der Waals surface area contributed by atoms with Crippen LogP contribution in [0.3, 0.4) is 0 Å². The third-order valence-corrected chi connectivity index (χ3v) is 5.51. The highest BCUT2D eigenvalue weighted by atomic mass is 19.1. The van der Waals surface area contributed by atoms with Crippen LogP contribution < -0.4 is 4.90 Å². The Hall–Kier alpha value is -4.13. The number of amides is 1. The van der Waals surface area contributed by atoms with Crippen LogP contribution in [0.5, 0.6) is 0 Å². The lowest BCUT2D eigenvalue weighted by Gasteiger charge is -2.27. The molecular formula is C26H20FNO5. The fourth-order valence-electron chi connectivity index (χ4n) is 3.97. The van der Waals surface area contributed by atoms with Crippen molar-refractivity contribution in [3.8, 4) is 0 Å². The Labute approximate surface area is 189 Å². The van der Waals surface area contributed by atoms with Gasteiger partial charge in [-0.25, -0.2) is 9.18 Å². The molecule has 0 N–H and O–H groups in total. The fraction of sp³-hybridized carbons (Fsp3) is 0.154. The maximum Gasteiger partial charge on any atom is 0.338 e. The van der Waals surface area contributed by atoms with E-state index >= 15 is 0 Å². The van der Waals surface area contributed by atoms with Crippen LogP contribution in [0.2, 0.25) is 0 Å². The standard InChI is InChI=1S/C26H20FNO5/c1-2-33-26(32)18-10-14-20(15-11-18)28-22(16-8-12-19(27)13-9-16)21(24(30)25(28)31)23(29)17-6-4-3-5-7-17/h3-15,21-22H,2H2,1H3. The second-order valence-electron chi connectivity index (χ2n) is 7.51. The largest absolute Gasteiger partial charge is 0.462 e. The molecule has 33 heavy (non-hydrogen) atoms. The normalized spacial score (nSPS) is 17.8. The van der Waals surface area contributed by atoms with Gasteiger partial charge in [0.25, 0.3) is 5.91 Å². The molecule has 1 fully saturated rings. The number of carbonyl (C=O) groups excluding carboxylic acids is 4. The minimum atomic E-state index is -1.30. The summed E-state index contributed by atoms with van der Waals surface area (Å²) >= 11 is 0. The van der Waals surface area contributed by atoms with Gasteiger partial charge in [-0.15, -0.1) is 0 Å². The van der Waals surface area contributed by atoms with E-state index in [4.69, 9.17) is 4.74 Å². The van der Waals surface area contributed by atoms with Crippen LogP contribution in [0.1, 0.15) is 39.2 Å². The van der Waals surface area contributed by atoms with Gasteiger partial charge in [-0.1, -0.05) is 42.5 Å². The zero-order valence-electron chi connectivity index (χ0n) is 17.7. The molecule has 2 unspecified atom stereocenters. The first kappa shape index (κ1) is 22.1. The van der Waals surface area contributed by atoms with Crippen molar-refractivity contribution in [3.05, 3.63) is 101 Å². The highest BCUT2D eigenvalue weighted by Gasteiger charge is 2.52. The van der Waals surface area contributed by atoms with Gasteiger partial charge >= 0.3 is 5.97 Å². The van der Waals surface area contributed by atoms with E-state index in [1.54, 1.807) is 37.3 Å². The zero-order chi connectivity index (χ0) is 23.5. The molecule has 4 rings (SSSR count). The predicted octanol–water partition coefficient (Wildman–Crippen LogP) is 4.16. The van der Waals surface area contributed by atoms with Gasteiger partial charge in [0.05, 0.1) is 18.2 Å². The number of hydrogen-bond donors (Lipinski definition) is 0. The summed E-state index contributed by atoms with van der Waals surface area (Å²) in [4.78, 5) is 52.7. The molecule has 7 heteroatoms. The molecule has 1 aliphatic heterocycles. The lowest BCUT2D eigenvalue weighted by Crippen LogP contribution is -2.30. The van der Waals surface area contributed by atoms with Gasteiger partial charge in [-0.2, -0.15) is 0 Å². The van der Waals surface area contributed by atoms with Crippen LogP contribution in [-0.4, -0.2) is 30.0 Å². The number of ketones is 2. The first-order chi connectivity index (χ1) is 15.9. The molecule has 0 bridgehead atoms. The Morgan fingerprint density at radius 3 is 2.12 bits per heavy atom. The third kappa shape index (κ3) is 4.17. The molecule has 2 atom stereocenters. The van der Waals surface area contributed by atoms with Crippen molar-refractivity contribution in [2.75, 3.05) is 11.5 Å². The molecule has 0 aliphatic carbocycles. The molecule has 1 aliphatic rings. The third-order valence-electron chi connectivity index (χ3n) is 5.51. The number of ether oxygens (including phenoxy) is 1. The second kappa shape index (κ2) is 9.16. The van der Waals surface area contributed by atoms with E-state index in [1.165, 1.54) is 53.4 Å². The monoisotopic (exact) mass is 445 g/mol. The molecule has 1 amide bonds. The molecular weight excluding hydrogens is 425 g/mol. The lowest BCUT2D eigenvalue weighted by atomic mass is 9.86. The fourth-order valence-corrected chi connectivity index (χ4v) is 3.97. The number of halogens is 1. The number of rotatable bonds is 6. The highest BCUT2D eigenvalue weighted by molar-refractivity contribution is 6.49. The van der Waals surface area contributed by atoms with Crippen molar-refractivity contribution < 1.29 is 28.3 Å². The topological polar surface area (TPSA) is 80.8 Å². The molecule has 0 aromatic heterocycles. The summed E-state index contributed by atoms with van der Waals surface area (Å²) in [5, 5.41) is 0. The van der Waals surface area contributed by atoms with E-state index in [2.05, 4.69) is 0 Å². The molecule has 1 heterocycles. The van der Waals surface area contributed by atoms with Crippen LogP contribution in [0, 0.1) is 11.7 Å². The maximum absolute atomic E-state index is 13.6. The molecule has 3 aromatic carbocycles. The SMILES string of the molecule is CCOC(=O)c1ccc(N2C(=O)C(=O)C(C(=O)c3ccccc3)C2c2ccc(F)cc2)cc1. The van der Waals surface area contributed by atoms with Crippen molar-refractivity contribution in [1.82, 2.24) is 0 Å². The zero-order valence-corrected chi connectivity index (χ0v) is 17.7. The first-order valence-corrected chi connectivity index (χ1v) is 10.4. The van der Waals surface area contributed by atoms with Gasteiger partial charge in [0, 0.05) is 11.3 Å². The number of esters is 1. The van der Waals surface area contributed by atoms with Crippen molar-refractivity contribution in [1.29, 1.82) is 0 Å². The number of nitrogens with zero attached hydrogens (tertiary/aromatic N) is 1. The van der Waals surface area contributed by atoms with Crippen molar-refractivity contribution in [2.45, 2.75) is 13.0 Å². The van der Waals surface area contributed by atoms with E-state index in [1.807, 2.05) is 0 Å². The summed E-state index contributed by atoms with van der Waals surface area (Å²) in [6.07, 6.45) is 0. The minimum absolute atomic E-state index is 0.218. The quantitative estimate of drug-likeness (QED) is 0.246. The molecule has 6 nitrogen and oxygen atoms in total. The molecule has 3 aromatic rings. The summed E-state index contributed by atoms with van der Waals surface area (Å²) in [6, 6.07) is 18.6. The average Bonchev–Trinajstić information content (AvgIpc) is 3.10.